The minimum absolute atomic E-state index is 0.106. The second-order valence-corrected chi connectivity index (χ2v) is 5.45. The molecule has 0 radical (unpaired) electrons. The molecule has 0 aliphatic rings. The summed E-state index contributed by atoms with van der Waals surface area (Å²) in [5, 5.41) is 3.87. The summed E-state index contributed by atoms with van der Waals surface area (Å²) in [5.74, 6) is 0.338. The van der Waals surface area contributed by atoms with Crippen molar-refractivity contribution in [2.24, 2.45) is 0 Å². The molecular formula is C14H13BrClNO3. The second kappa shape index (κ2) is 6.33. The van der Waals surface area contributed by atoms with Gasteiger partial charge in [-0.15, -0.1) is 0 Å². The Morgan fingerprint density at radius 3 is 2.80 bits per heavy atom. The zero-order valence-electron chi connectivity index (χ0n) is 10.9. The van der Waals surface area contributed by atoms with Gasteiger partial charge < -0.3 is 14.5 Å². The number of nitrogens with one attached hydrogen (secondary N) is 1. The van der Waals surface area contributed by atoms with Crippen molar-refractivity contribution in [2.75, 3.05) is 12.4 Å². The molecule has 1 aromatic heterocycles. The van der Waals surface area contributed by atoms with E-state index in [0.717, 1.165) is 10.2 Å². The van der Waals surface area contributed by atoms with Crippen LogP contribution in [-0.4, -0.2) is 13.1 Å². The second-order valence-electron chi connectivity index (χ2n) is 4.19. The number of hydrogen-bond donors (Lipinski definition) is 1. The van der Waals surface area contributed by atoms with E-state index in [1.54, 1.807) is 12.1 Å². The van der Waals surface area contributed by atoms with E-state index in [0.29, 0.717) is 10.8 Å². The zero-order valence-corrected chi connectivity index (χ0v) is 13.3. The van der Waals surface area contributed by atoms with Gasteiger partial charge in [0.1, 0.15) is 5.76 Å². The van der Waals surface area contributed by atoms with E-state index in [9.17, 15) is 4.79 Å². The Morgan fingerprint density at radius 1 is 1.40 bits per heavy atom. The molecule has 2 aromatic rings. The topological polar surface area (TPSA) is 51.5 Å². The van der Waals surface area contributed by atoms with Crippen molar-refractivity contribution < 1.29 is 13.9 Å². The normalized spacial score (nSPS) is 12.0. The van der Waals surface area contributed by atoms with Crippen LogP contribution in [0.2, 0.25) is 5.02 Å². The Kier molecular flexibility index (Phi) is 4.73. The Morgan fingerprint density at radius 2 is 2.15 bits per heavy atom. The number of carbonyl (C=O) groups is 1. The number of anilines is 1. The monoisotopic (exact) mass is 357 g/mol. The van der Waals surface area contributed by atoms with Gasteiger partial charge in [0.15, 0.2) is 0 Å². The highest BCUT2D eigenvalue weighted by atomic mass is 79.9. The fourth-order valence-electron chi connectivity index (χ4n) is 1.70. The lowest BCUT2D eigenvalue weighted by Crippen LogP contribution is -2.05. The van der Waals surface area contributed by atoms with Gasteiger partial charge in [-0.2, -0.15) is 0 Å². The van der Waals surface area contributed by atoms with Crippen molar-refractivity contribution >= 4 is 39.2 Å². The van der Waals surface area contributed by atoms with E-state index < -0.39 is 5.97 Å². The minimum Gasteiger partial charge on any atom is -0.463 e. The molecule has 6 heteroatoms. The molecule has 0 saturated heterocycles. The molecule has 0 aliphatic heterocycles. The number of benzene rings is 1. The average Bonchev–Trinajstić information content (AvgIpc) is 2.92. The van der Waals surface area contributed by atoms with Crippen LogP contribution >= 0.6 is 27.5 Å². The van der Waals surface area contributed by atoms with Crippen LogP contribution in [0.25, 0.3) is 0 Å². The Bertz CT molecular complexity index is 627. The lowest BCUT2D eigenvalue weighted by Gasteiger charge is -2.13. The molecular weight excluding hydrogens is 346 g/mol. The van der Waals surface area contributed by atoms with Gasteiger partial charge in [0.25, 0.3) is 0 Å². The molecule has 0 bridgehead atoms. The molecule has 2 rings (SSSR count). The molecule has 4 nitrogen and oxygen atoms in total. The van der Waals surface area contributed by atoms with Crippen LogP contribution in [0.3, 0.4) is 0 Å². The third kappa shape index (κ3) is 3.35. The molecule has 1 N–H and O–H groups in total. The fourth-order valence-corrected chi connectivity index (χ4v) is 2.13. The van der Waals surface area contributed by atoms with Crippen molar-refractivity contribution in [3.8, 4) is 0 Å². The Hall–Kier alpha value is -1.46. The van der Waals surface area contributed by atoms with Gasteiger partial charge >= 0.3 is 5.97 Å². The summed E-state index contributed by atoms with van der Waals surface area (Å²) < 4.78 is 10.9. The molecule has 1 atom stereocenters. The quantitative estimate of drug-likeness (QED) is 0.808. The maximum atomic E-state index is 11.3. The lowest BCUT2D eigenvalue weighted by molar-refractivity contribution is 0.0562. The summed E-state index contributed by atoms with van der Waals surface area (Å²) >= 11 is 9.37. The fraction of sp³-hybridized carbons (Fsp3) is 0.214. The summed E-state index contributed by atoms with van der Waals surface area (Å²) in [7, 11) is 1.32. The van der Waals surface area contributed by atoms with Gasteiger partial charge in [0.2, 0.25) is 5.76 Å². The predicted molar refractivity (Wildman–Crippen MR) is 81.2 cm³/mol. The number of ether oxygens (including phenoxy) is 1. The number of hydrogen-bond acceptors (Lipinski definition) is 4. The maximum absolute atomic E-state index is 11.3. The number of esters is 1. The zero-order chi connectivity index (χ0) is 14.7. The molecule has 0 spiro atoms. The molecule has 20 heavy (non-hydrogen) atoms. The maximum Gasteiger partial charge on any atom is 0.373 e. The molecule has 1 heterocycles. The van der Waals surface area contributed by atoms with Crippen LogP contribution in [-0.2, 0) is 4.74 Å². The number of rotatable bonds is 4. The van der Waals surface area contributed by atoms with Crippen molar-refractivity contribution in [3.05, 3.63) is 51.3 Å². The van der Waals surface area contributed by atoms with Gasteiger partial charge in [0, 0.05) is 10.2 Å². The largest absolute Gasteiger partial charge is 0.463 e. The van der Waals surface area contributed by atoms with E-state index in [2.05, 4.69) is 26.0 Å². The SMILES string of the molecule is COC(=O)c1ccc(C(C)Nc2ccc(Br)c(Cl)c2)o1. The summed E-state index contributed by atoms with van der Waals surface area (Å²) in [4.78, 5) is 11.3. The Balaban J connectivity index is 2.11. The summed E-state index contributed by atoms with van der Waals surface area (Å²) in [5.41, 5.74) is 0.863. The van der Waals surface area contributed by atoms with Crippen LogP contribution in [0.15, 0.2) is 39.2 Å². The molecule has 0 saturated carbocycles. The molecule has 0 aliphatic carbocycles. The van der Waals surface area contributed by atoms with Gasteiger partial charge in [-0.1, -0.05) is 11.6 Å². The summed E-state index contributed by atoms with van der Waals surface area (Å²) in [6.45, 7) is 1.93. The molecule has 1 aromatic carbocycles. The van der Waals surface area contributed by atoms with Crippen LogP contribution in [0.4, 0.5) is 5.69 Å². The van der Waals surface area contributed by atoms with Crippen LogP contribution in [0.5, 0.6) is 0 Å². The van der Waals surface area contributed by atoms with Crippen molar-refractivity contribution in [2.45, 2.75) is 13.0 Å². The van der Waals surface area contributed by atoms with E-state index in [4.69, 9.17) is 16.0 Å². The van der Waals surface area contributed by atoms with Crippen molar-refractivity contribution in [3.63, 3.8) is 0 Å². The van der Waals surface area contributed by atoms with Gasteiger partial charge in [-0.25, -0.2) is 4.79 Å². The average molecular weight is 359 g/mol. The first-order valence-electron chi connectivity index (χ1n) is 5.91. The number of carbonyl (C=O) groups excluding carboxylic acids is 1. The van der Waals surface area contributed by atoms with E-state index in [-0.39, 0.29) is 11.8 Å². The predicted octanol–water partition coefficient (Wildman–Crippen LogP) is 4.66. The summed E-state index contributed by atoms with van der Waals surface area (Å²) in [6, 6.07) is 8.80. The third-order valence-electron chi connectivity index (χ3n) is 2.74. The molecule has 0 amide bonds. The molecule has 0 fully saturated rings. The highest BCUT2D eigenvalue weighted by Crippen LogP contribution is 2.28. The van der Waals surface area contributed by atoms with Gasteiger partial charge in [0.05, 0.1) is 18.2 Å². The smallest absolute Gasteiger partial charge is 0.373 e. The van der Waals surface area contributed by atoms with E-state index in [1.165, 1.54) is 7.11 Å². The number of furan rings is 1. The minimum atomic E-state index is -0.491. The highest BCUT2D eigenvalue weighted by Gasteiger charge is 2.15. The van der Waals surface area contributed by atoms with Crippen LogP contribution in [0, 0.1) is 0 Å². The summed E-state index contributed by atoms with van der Waals surface area (Å²) in [6.07, 6.45) is 0. The highest BCUT2D eigenvalue weighted by molar-refractivity contribution is 9.10. The standard InChI is InChI=1S/C14H13BrClNO3/c1-8(12-5-6-13(20-12)14(18)19-2)17-9-3-4-10(15)11(16)7-9/h3-8,17H,1-2H3. The first-order chi connectivity index (χ1) is 9.51. The van der Waals surface area contributed by atoms with Crippen molar-refractivity contribution in [1.82, 2.24) is 0 Å². The van der Waals surface area contributed by atoms with Gasteiger partial charge in [-0.05, 0) is 53.2 Å². The Labute approximate surface area is 130 Å². The van der Waals surface area contributed by atoms with Crippen LogP contribution < -0.4 is 5.32 Å². The molecule has 106 valence electrons. The van der Waals surface area contributed by atoms with Crippen molar-refractivity contribution in [1.29, 1.82) is 0 Å². The lowest BCUT2D eigenvalue weighted by atomic mass is 10.2. The van der Waals surface area contributed by atoms with Gasteiger partial charge in [-0.3, -0.25) is 0 Å². The van der Waals surface area contributed by atoms with E-state index in [1.807, 2.05) is 25.1 Å². The first kappa shape index (κ1) is 14.9. The number of halogens is 2. The first-order valence-corrected chi connectivity index (χ1v) is 7.08. The third-order valence-corrected chi connectivity index (χ3v) is 3.98. The van der Waals surface area contributed by atoms with Crippen LogP contribution in [0.1, 0.15) is 29.3 Å². The van der Waals surface area contributed by atoms with E-state index >= 15 is 0 Å². The number of methoxy groups -OCH3 is 1. The molecule has 1 unspecified atom stereocenters.